The van der Waals surface area contributed by atoms with Gasteiger partial charge in [0.25, 0.3) is 0 Å². The summed E-state index contributed by atoms with van der Waals surface area (Å²) < 4.78 is 0. The van der Waals surface area contributed by atoms with Crippen LogP contribution in [-0.2, 0) is 4.79 Å². The van der Waals surface area contributed by atoms with Gasteiger partial charge in [0.2, 0.25) is 5.91 Å². The van der Waals surface area contributed by atoms with E-state index in [1.807, 2.05) is 6.92 Å². The number of rotatable bonds is 6. The molecule has 0 saturated carbocycles. The molecule has 0 saturated heterocycles. The van der Waals surface area contributed by atoms with Crippen molar-refractivity contribution in [2.24, 2.45) is 17.6 Å². The summed E-state index contributed by atoms with van der Waals surface area (Å²) in [6, 6.07) is 0. The third-order valence-electron chi connectivity index (χ3n) is 2.17. The Hall–Kier alpha value is -0.570. The Labute approximate surface area is 81.1 Å². The van der Waals surface area contributed by atoms with Crippen molar-refractivity contribution in [3.05, 3.63) is 0 Å². The lowest BCUT2D eigenvalue weighted by molar-refractivity contribution is -0.124. The maximum Gasteiger partial charge on any atom is 0.224 e. The van der Waals surface area contributed by atoms with Crippen molar-refractivity contribution in [2.75, 3.05) is 13.1 Å². The first-order valence-corrected chi connectivity index (χ1v) is 5.09. The second-order valence-electron chi connectivity index (χ2n) is 3.81. The molecule has 1 amide bonds. The summed E-state index contributed by atoms with van der Waals surface area (Å²) in [4.78, 5) is 11.4. The average Bonchev–Trinajstić information content (AvgIpc) is 2.05. The summed E-state index contributed by atoms with van der Waals surface area (Å²) in [6.45, 7) is 7.50. The Bertz CT molecular complexity index is 142. The van der Waals surface area contributed by atoms with E-state index < -0.39 is 0 Å². The van der Waals surface area contributed by atoms with E-state index >= 15 is 0 Å². The van der Waals surface area contributed by atoms with Crippen molar-refractivity contribution >= 4 is 5.91 Å². The summed E-state index contributed by atoms with van der Waals surface area (Å²) in [5, 5.41) is 2.90. The van der Waals surface area contributed by atoms with E-state index in [0.29, 0.717) is 12.5 Å². The molecule has 0 rings (SSSR count). The van der Waals surface area contributed by atoms with Crippen LogP contribution in [0.5, 0.6) is 0 Å². The Kier molecular flexibility index (Phi) is 6.59. The topological polar surface area (TPSA) is 55.1 Å². The highest BCUT2D eigenvalue weighted by Crippen LogP contribution is 2.01. The molecule has 3 N–H and O–H groups in total. The second kappa shape index (κ2) is 6.89. The predicted octanol–water partition coefficient (Wildman–Crippen LogP) is 1.13. The molecule has 1 unspecified atom stereocenters. The fourth-order valence-electron chi connectivity index (χ4n) is 1.09. The minimum absolute atomic E-state index is 0.00726. The highest BCUT2D eigenvalue weighted by Gasteiger charge is 2.13. The van der Waals surface area contributed by atoms with Gasteiger partial charge in [-0.1, -0.05) is 20.8 Å². The first-order chi connectivity index (χ1) is 6.11. The van der Waals surface area contributed by atoms with Gasteiger partial charge in [0.05, 0.1) is 0 Å². The van der Waals surface area contributed by atoms with Gasteiger partial charge in [0, 0.05) is 19.0 Å². The van der Waals surface area contributed by atoms with Crippen LogP contribution in [0, 0.1) is 11.8 Å². The van der Waals surface area contributed by atoms with Crippen LogP contribution in [0.1, 0.15) is 33.6 Å². The summed E-state index contributed by atoms with van der Waals surface area (Å²) >= 11 is 0. The Morgan fingerprint density at radius 2 is 2.08 bits per heavy atom. The van der Waals surface area contributed by atoms with E-state index in [1.54, 1.807) is 0 Å². The molecule has 13 heavy (non-hydrogen) atoms. The van der Waals surface area contributed by atoms with Crippen molar-refractivity contribution in [3.8, 4) is 0 Å². The number of amides is 1. The van der Waals surface area contributed by atoms with E-state index in [9.17, 15) is 4.79 Å². The molecule has 1 atom stereocenters. The van der Waals surface area contributed by atoms with Gasteiger partial charge in [-0.15, -0.1) is 0 Å². The van der Waals surface area contributed by atoms with Gasteiger partial charge in [-0.2, -0.15) is 0 Å². The van der Waals surface area contributed by atoms with E-state index in [0.717, 1.165) is 19.4 Å². The monoisotopic (exact) mass is 186 g/mol. The molecule has 78 valence electrons. The van der Waals surface area contributed by atoms with Gasteiger partial charge in [0.1, 0.15) is 0 Å². The van der Waals surface area contributed by atoms with Crippen LogP contribution in [0.4, 0.5) is 0 Å². The Morgan fingerprint density at radius 3 is 2.46 bits per heavy atom. The zero-order chi connectivity index (χ0) is 10.3. The number of hydrogen-bond acceptors (Lipinski definition) is 2. The average molecular weight is 186 g/mol. The molecule has 0 radical (unpaired) electrons. The van der Waals surface area contributed by atoms with Gasteiger partial charge >= 0.3 is 0 Å². The van der Waals surface area contributed by atoms with Crippen LogP contribution < -0.4 is 11.1 Å². The van der Waals surface area contributed by atoms with Crippen LogP contribution in [0.3, 0.4) is 0 Å². The van der Waals surface area contributed by atoms with Crippen molar-refractivity contribution in [1.82, 2.24) is 5.32 Å². The molecule has 0 heterocycles. The van der Waals surface area contributed by atoms with Gasteiger partial charge in [0.15, 0.2) is 0 Å². The van der Waals surface area contributed by atoms with E-state index in [1.165, 1.54) is 0 Å². The van der Waals surface area contributed by atoms with Crippen LogP contribution in [0.15, 0.2) is 0 Å². The molecule has 0 bridgehead atoms. The molecule has 0 aliphatic rings. The SMILES string of the molecule is CCC(CN)C(=O)NCCC(C)C. The minimum atomic E-state index is -0.00726. The highest BCUT2D eigenvalue weighted by atomic mass is 16.1. The molecule has 3 heteroatoms. The molecule has 0 aromatic carbocycles. The van der Waals surface area contributed by atoms with Crippen LogP contribution in [0.2, 0.25) is 0 Å². The fourth-order valence-corrected chi connectivity index (χ4v) is 1.09. The third kappa shape index (κ3) is 5.64. The van der Waals surface area contributed by atoms with Crippen LogP contribution in [0.25, 0.3) is 0 Å². The van der Waals surface area contributed by atoms with Crippen LogP contribution >= 0.6 is 0 Å². The maximum atomic E-state index is 11.4. The third-order valence-corrected chi connectivity index (χ3v) is 2.17. The number of nitrogens with one attached hydrogen (secondary N) is 1. The largest absolute Gasteiger partial charge is 0.356 e. The number of nitrogens with two attached hydrogens (primary N) is 1. The first kappa shape index (κ1) is 12.4. The van der Waals surface area contributed by atoms with E-state index in [2.05, 4.69) is 19.2 Å². The molecule has 0 spiro atoms. The number of hydrogen-bond donors (Lipinski definition) is 2. The second-order valence-corrected chi connectivity index (χ2v) is 3.81. The zero-order valence-electron chi connectivity index (χ0n) is 8.97. The first-order valence-electron chi connectivity index (χ1n) is 5.09. The lowest BCUT2D eigenvalue weighted by Gasteiger charge is -2.13. The predicted molar refractivity (Wildman–Crippen MR) is 55.3 cm³/mol. The zero-order valence-corrected chi connectivity index (χ0v) is 8.97. The number of carbonyl (C=O) groups is 1. The molecule has 0 aromatic rings. The normalized spacial score (nSPS) is 13.0. The molecule has 0 aromatic heterocycles. The highest BCUT2D eigenvalue weighted by molar-refractivity contribution is 5.78. The van der Waals surface area contributed by atoms with Crippen molar-refractivity contribution in [3.63, 3.8) is 0 Å². The van der Waals surface area contributed by atoms with Gasteiger partial charge in [-0.05, 0) is 18.8 Å². The van der Waals surface area contributed by atoms with Crippen molar-refractivity contribution in [2.45, 2.75) is 33.6 Å². The molecule has 3 nitrogen and oxygen atoms in total. The summed E-state index contributed by atoms with van der Waals surface area (Å²) in [5.41, 5.74) is 5.45. The fraction of sp³-hybridized carbons (Fsp3) is 0.900. The van der Waals surface area contributed by atoms with Gasteiger partial charge in [-0.25, -0.2) is 0 Å². The van der Waals surface area contributed by atoms with Crippen molar-refractivity contribution < 1.29 is 4.79 Å². The molecular weight excluding hydrogens is 164 g/mol. The summed E-state index contributed by atoms with van der Waals surface area (Å²) in [7, 11) is 0. The van der Waals surface area contributed by atoms with E-state index in [4.69, 9.17) is 5.73 Å². The summed E-state index contributed by atoms with van der Waals surface area (Å²) in [5.74, 6) is 0.732. The quantitative estimate of drug-likeness (QED) is 0.653. The number of carbonyl (C=O) groups excluding carboxylic acids is 1. The Balaban J connectivity index is 3.60. The van der Waals surface area contributed by atoms with Gasteiger partial charge < -0.3 is 11.1 Å². The molecular formula is C10H22N2O. The lowest BCUT2D eigenvalue weighted by Crippen LogP contribution is -2.35. The molecule has 0 aliphatic heterocycles. The smallest absolute Gasteiger partial charge is 0.224 e. The standard InChI is InChI=1S/C10H22N2O/c1-4-9(7-11)10(13)12-6-5-8(2)3/h8-9H,4-7,11H2,1-3H3,(H,12,13). The van der Waals surface area contributed by atoms with Crippen LogP contribution in [-0.4, -0.2) is 19.0 Å². The maximum absolute atomic E-state index is 11.4. The molecule has 0 aliphatic carbocycles. The molecule has 0 fully saturated rings. The van der Waals surface area contributed by atoms with E-state index in [-0.39, 0.29) is 11.8 Å². The van der Waals surface area contributed by atoms with Crippen molar-refractivity contribution in [1.29, 1.82) is 0 Å². The summed E-state index contributed by atoms with van der Waals surface area (Å²) in [6.07, 6.45) is 1.86. The lowest BCUT2D eigenvalue weighted by atomic mass is 10.1. The Morgan fingerprint density at radius 1 is 1.46 bits per heavy atom. The van der Waals surface area contributed by atoms with Gasteiger partial charge in [-0.3, -0.25) is 4.79 Å². The minimum Gasteiger partial charge on any atom is -0.356 e.